The van der Waals surface area contributed by atoms with Crippen LogP contribution in [0.15, 0.2) is 36.7 Å². The fourth-order valence-corrected chi connectivity index (χ4v) is 2.07. The fourth-order valence-electron chi connectivity index (χ4n) is 1.79. The number of rotatable bonds is 5. The van der Waals surface area contributed by atoms with Crippen molar-refractivity contribution in [2.24, 2.45) is 0 Å². The van der Waals surface area contributed by atoms with E-state index >= 15 is 0 Å². The molecular weight excluding hydrogens is 371 g/mol. The number of nitrogens with zero attached hydrogens (tertiary/aromatic N) is 2. The van der Waals surface area contributed by atoms with Crippen LogP contribution in [0.4, 0.5) is 0 Å². The van der Waals surface area contributed by atoms with Gasteiger partial charge in [-0.25, -0.2) is 9.97 Å². The SMILES string of the molecule is COc1ccc(CC(C(=O)O)c2ncc(I)cn2)cc1. The number of hydrogen-bond acceptors (Lipinski definition) is 4. The number of carbonyl (C=O) groups is 1. The van der Waals surface area contributed by atoms with Crippen molar-refractivity contribution in [1.29, 1.82) is 0 Å². The summed E-state index contributed by atoms with van der Waals surface area (Å²) in [6, 6.07) is 7.31. The van der Waals surface area contributed by atoms with E-state index in [2.05, 4.69) is 32.6 Å². The predicted molar refractivity (Wildman–Crippen MR) is 81.8 cm³/mol. The number of carboxylic acid groups (broad SMARTS) is 1. The molecule has 2 rings (SSSR count). The Morgan fingerprint density at radius 2 is 1.90 bits per heavy atom. The number of benzene rings is 1. The third-order valence-corrected chi connectivity index (χ3v) is 3.41. The molecule has 1 aromatic carbocycles. The summed E-state index contributed by atoms with van der Waals surface area (Å²) >= 11 is 2.08. The van der Waals surface area contributed by atoms with Crippen LogP contribution in [0.5, 0.6) is 5.75 Å². The lowest BCUT2D eigenvalue weighted by Crippen LogP contribution is -2.17. The van der Waals surface area contributed by atoms with Gasteiger partial charge in [-0.1, -0.05) is 12.1 Å². The largest absolute Gasteiger partial charge is 0.497 e. The molecule has 0 aliphatic heterocycles. The van der Waals surface area contributed by atoms with Gasteiger partial charge in [0.25, 0.3) is 0 Å². The minimum atomic E-state index is -0.929. The molecule has 0 aliphatic rings. The van der Waals surface area contributed by atoms with Crippen molar-refractivity contribution in [1.82, 2.24) is 9.97 Å². The molecule has 0 fully saturated rings. The van der Waals surface area contributed by atoms with E-state index in [-0.39, 0.29) is 0 Å². The quantitative estimate of drug-likeness (QED) is 0.803. The first kappa shape index (κ1) is 14.7. The third-order valence-electron chi connectivity index (χ3n) is 2.85. The van der Waals surface area contributed by atoms with Crippen molar-refractivity contribution in [2.75, 3.05) is 7.11 Å². The van der Waals surface area contributed by atoms with Gasteiger partial charge in [-0.15, -0.1) is 0 Å². The third kappa shape index (κ3) is 3.66. The minimum Gasteiger partial charge on any atom is -0.497 e. The van der Waals surface area contributed by atoms with E-state index in [1.54, 1.807) is 19.5 Å². The first-order chi connectivity index (χ1) is 9.60. The summed E-state index contributed by atoms with van der Waals surface area (Å²) in [5.41, 5.74) is 0.903. The summed E-state index contributed by atoms with van der Waals surface area (Å²) in [5, 5.41) is 9.35. The van der Waals surface area contributed by atoms with Crippen LogP contribution in [-0.4, -0.2) is 28.2 Å². The molecule has 6 heteroatoms. The first-order valence-electron chi connectivity index (χ1n) is 5.93. The van der Waals surface area contributed by atoms with Crippen molar-refractivity contribution in [3.8, 4) is 5.75 Å². The molecule has 0 spiro atoms. The van der Waals surface area contributed by atoms with E-state index in [1.807, 2.05) is 24.3 Å². The van der Waals surface area contributed by atoms with Gasteiger partial charge >= 0.3 is 5.97 Å². The molecule has 0 radical (unpaired) electrons. The predicted octanol–water partition coefficient (Wildman–Crippen LogP) is 2.50. The van der Waals surface area contributed by atoms with Crippen molar-refractivity contribution >= 4 is 28.6 Å². The maximum absolute atomic E-state index is 11.4. The van der Waals surface area contributed by atoms with E-state index in [1.165, 1.54) is 0 Å². The fraction of sp³-hybridized carbons (Fsp3) is 0.214. The van der Waals surface area contributed by atoms with Gasteiger partial charge in [-0.05, 0) is 46.7 Å². The van der Waals surface area contributed by atoms with Gasteiger partial charge in [0.2, 0.25) is 0 Å². The molecule has 1 atom stereocenters. The number of carboxylic acids is 1. The summed E-state index contributed by atoms with van der Waals surface area (Å²) in [6.45, 7) is 0. The topological polar surface area (TPSA) is 72.3 Å². The molecule has 0 amide bonds. The Labute approximate surface area is 130 Å². The van der Waals surface area contributed by atoms with Crippen molar-refractivity contribution < 1.29 is 14.6 Å². The van der Waals surface area contributed by atoms with Gasteiger partial charge in [0.1, 0.15) is 17.5 Å². The van der Waals surface area contributed by atoms with Gasteiger partial charge in [0.05, 0.1) is 7.11 Å². The highest BCUT2D eigenvalue weighted by atomic mass is 127. The Morgan fingerprint density at radius 3 is 2.40 bits per heavy atom. The second kappa shape index (κ2) is 6.65. The Kier molecular flexibility index (Phi) is 4.89. The van der Waals surface area contributed by atoms with Gasteiger partial charge in [0.15, 0.2) is 0 Å². The second-order valence-corrected chi connectivity index (χ2v) is 5.45. The van der Waals surface area contributed by atoms with Crippen LogP contribution in [0.2, 0.25) is 0 Å². The van der Waals surface area contributed by atoms with E-state index in [4.69, 9.17) is 4.74 Å². The van der Waals surface area contributed by atoms with Crippen molar-refractivity contribution in [3.05, 3.63) is 51.6 Å². The van der Waals surface area contributed by atoms with Crippen LogP contribution in [0.3, 0.4) is 0 Å². The number of halogens is 1. The van der Waals surface area contributed by atoms with Crippen LogP contribution in [0.1, 0.15) is 17.3 Å². The molecule has 1 heterocycles. The lowest BCUT2D eigenvalue weighted by atomic mass is 9.98. The molecule has 20 heavy (non-hydrogen) atoms. The van der Waals surface area contributed by atoms with E-state index in [0.29, 0.717) is 12.2 Å². The summed E-state index contributed by atoms with van der Waals surface area (Å²) in [6.07, 6.45) is 3.58. The molecule has 1 aromatic heterocycles. The average molecular weight is 384 g/mol. The number of aromatic nitrogens is 2. The molecule has 0 saturated heterocycles. The van der Waals surface area contributed by atoms with Crippen molar-refractivity contribution in [2.45, 2.75) is 12.3 Å². The summed E-state index contributed by atoms with van der Waals surface area (Å²) in [5.74, 6) is -0.609. The monoisotopic (exact) mass is 384 g/mol. The molecule has 0 bridgehead atoms. The van der Waals surface area contributed by atoms with Crippen LogP contribution in [0.25, 0.3) is 0 Å². The zero-order valence-electron chi connectivity index (χ0n) is 10.8. The Hall–Kier alpha value is -1.70. The number of ether oxygens (including phenoxy) is 1. The number of aliphatic carboxylic acids is 1. The van der Waals surface area contributed by atoms with Gasteiger partial charge in [0, 0.05) is 16.0 Å². The number of hydrogen-bond donors (Lipinski definition) is 1. The minimum absolute atomic E-state index is 0.328. The maximum Gasteiger partial charge on any atom is 0.314 e. The van der Waals surface area contributed by atoms with Gasteiger partial charge < -0.3 is 9.84 Å². The molecular formula is C14H13IN2O3. The highest BCUT2D eigenvalue weighted by molar-refractivity contribution is 14.1. The molecule has 1 N–H and O–H groups in total. The molecule has 1 unspecified atom stereocenters. The lowest BCUT2D eigenvalue weighted by Gasteiger charge is -2.11. The standard InChI is InChI=1S/C14H13IN2O3/c1-20-11-4-2-9(3-5-11)6-12(14(18)19)13-16-7-10(15)8-17-13/h2-5,7-8,12H,6H2,1H3,(H,18,19). The summed E-state index contributed by atoms with van der Waals surface area (Å²) < 4.78 is 5.95. The Morgan fingerprint density at radius 1 is 1.30 bits per heavy atom. The molecule has 104 valence electrons. The average Bonchev–Trinajstić information content (AvgIpc) is 2.46. The smallest absolute Gasteiger partial charge is 0.314 e. The van der Waals surface area contributed by atoms with Crippen LogP contribution < -0.4 is 4.74 Å². The van der Waals surface area contributed by atoms with Gasteiger partial charge in [-0.2, -0.15) is 0 Å². The summed E-state index contributed by atoms with van der Waals surface area (Å²) in [4.78, 5) is 19.6. The van der Waals surface area contributed by atoms with E-state index < -0.39 is 11.9 Å². The van der Waals surface area contributed by atoms with E-state index in [0.717, 1.165) is 14.9 Å². The highest BCUT2D eigenvalue weighted by Gasteiger charge is 2.23. The number of methoxy groups -OCH3 is 1. The lowest BCUT2D eigenvalue weighted by molar-refractivity contribution is -0.139. The van der Waals surface area contributed by atoms with E-state index in [9.17, 15) is 9.90 Å². The molecule has 0 aliphatic carbocycles. The maximum atomic E-state index is 11.4. The Balaban J connectivity index is 2.20. The Bertz CT molecular complexity index is 584. The van der Waals surface area contributed by atoms with Crippen LogP contribution in [-0.2, 0) is 11.2 Å². The van der Waals surface area contributed by atoms with Crippen LogP contribution >= 0.6 is 22.6 Å². The molecule has 2 aromatic rings. The zero-order chi connectivity index (χ0) is 14.5. The zero-order valence-corrected chi connectivity index (χ0v) is 12.9. The normalized spacial score (nSPS) is 11.9. The summed E-state index contributed by atoms with van der Waals surface area (Å²) in [7, 11) is 1.59. The highest BCUT2D eigenvalue weighted by Crippen LogP contribution is 2.20. The molecule has 5 nitrogen and oxygen atoms in total. The van der Waals surface area contributed by atoms with Gasteiger partial charge in [-0.3, -0.25) is 4.79 Å². The second-order valence-electron chi connectivity index (χ2n) is 4.20. The molecule has 0 saturated carbocycles. The van der Waals surface area contributed by atoms with Crippen molar-refractivity contribution in [3.63, 3.8) is 0 Å². The first-order valence-corrected chi connectivity index (χ1v) is 7.01. The van der Waals surface area contributed by atoms with Crippen LogP contribution in [0, 0.1) is 3.57 Å².